The Morgan fingerprint density at radius 3 is 2.86 bits per heavy atom. The minimum absolute atomic E-state index is 0.205. The summed E-state index contributed by atoms with van der Waals surface area (Å²) in [5.41, 5.74) is 1.82. The highest BCUT2D eigenvalue weighted by molar-refractivity contribution is 5.93. The van der Waals surface area contributed by atoms with E-state index in [4.69, 9.17) is 9.47 Å². The number of para-hydroxylation sites is 1. The minimum Gasteiger partial charge on any atom is -0.493 e. The van der Waals surface area contributed by atoms with Crippen LogP contribution >= 0.6 is 0 Å². The number of ether oxygens (including phenoxy) is 2. The summed E-state index contributed by atoms with van der Waals surface area (Å²) < 4.78 is 11.7. The van der Waals surface area contributed by atoms with E-state index in [0.29, 0.717) is 18.8 Å². The van der Waals surface area contributed by atoms with Gasteiger partial charge in [0.05, 0.1) is 24.1 Å². The van der Waals surface area contributed by atoms with Gasteiger partial charge in [0.25, 0.3) is 0 Å². The van der Waals surface area contributed by atoms with Gasteiger partial charge in [-0.05, 0) is 36.2 Å². The molecule has 1 aromatic heterocycles. The fourth-order valence-electron chi connectivity index (χ4n) is 3.30. The maximum atomic E-state index is 11.4. The predicted molar refractivity (Wildman–Crippen MR) is 105 cm³/mol. The SMILES string of the molecule is O=C(O)c1ccncc1NC[C@H]1CCOc2cc(Oc3ccccc3)ccc21. The number of carboxylic acids is 1. The Kier molecular flexibility index (Phi) is 5.10. The molecule has 1 aliphatic heterocycles. The molecule has 0 saturated heterocycles. The zero-order chi connectivity index (χ0) is 19.3. The van der Waals surface area contributed by atoms with Crippen molar-refractivity contribution in [1.29, 1.82) is 0 Å². The Hall–Kier alpha value is -3.54. The van der Waals surface area contributed by atoms with Crippen LogP contribution in [-0.4, -0.2) is 29.2 Å². The maximum absolute atomic E-state index is 11.4. The highest BCUT2D eigenvalue weighted by Crippen LogP contribution is 2.37. The van der Waals surface area contributed by atoms with E-state index in [1.165, 1.54) is 12.3 Å². The second-order valence-corrected chi connectivity index (χ2v) is 6.56. The summed E-state index contributed by atoms with van der Waals surface area (Å²) in [5, 5.41) is 12.5. The van der Waals surface area contributed by atoms with Gasteiger partial charge in [-0.3, -0.25) is 4.98 Å². The number of nitrogens with zero attached hydrogens (tertiary/aromatic N) is 1. The molecule has 1 aliphatic rings. The topological polar surface area (TPSA) is 80.7 Å². The highest BCUT2D eigenvalue weighted by Gasteiger charge is 2.22. The normalized spacial score (nSPS) is 15.2. The summed E-state index contributed by atoms with van der Waals surface area (Å²) in [7, 11) is 0. The second kappa shape index (κ2) is 8.00. The molecule has 0 aliphatic carbocycles. The lowest BCUT2D eigenvalue weighted by atomic mass is 9.93. The van der Waals surface area contributed by atoms with E-state index in [-0.39, 0.29) is 11.5 Å². The molecule has 6 nitrogen and oxygen atoms in total. The van der Waals surface area contributed by atoms with E-state index in [9.17, 15) is 9.90 Å². The van der Waals surface area contributed by atoms with Crippen molar-refractivity contribution in [2.75, 3.05) is 18.5 Å². The number of aromatic nitrogens is 1. The Labute approximate surface area is 162 Å². The van der Waals surface area contributed by atoms with Gasteiger partial charge in [-0.2, -0.15) is 0 Å². The van der Waals surface area contributed by atoms with Crippen LogP contribution in [-0.2, 0) is 0 Å². The molecule has 4 rings (SSSR count). The molecule has 3 aromatic rings. The zero-order valence-corrected chi connectivity index (χ0v) is 15.2. The van der Waals surface area contributed by atoms with E-state index >= 15 is 0 Å². The smallest absolute Gasteiger partial charge is 0.337 e. The summed E-state index contributed by atoms with van der Waals surface area (Å²) in [6, 6.07) is 16.9. The van der Waals surface area contributed by atoms with Crippen LogP contribution in [0.5, 0.6) is 17.2 Å². The molecule has 0 unspecified atom stereocenters. The van der Waals surface area contributed by atoms with Crippen LogP contribution in [0.3, 0.4) is 0 Å². The predicted octanol–water partition coefficient (Wildman–Crippen LogP) is 4.55. The van der Waals surface area contributed by atoms with E-state index < -0.39 is 5.97 Å². The van der Waals surface area contributed by atoms with Gasteiger partial charge in [0.1, 0.15) is 17.2 Å². The number of nitrogens with one attached hydrogen (secondary N) is 1. The third-order valence-corrected chi connectivity index (χ3v) is 4.72. The number of rotatable bonds is 6. The molecule has 1 atom stereocenters. The number of hydrogen-bond donors (Lipinski definition) is 2. The third kappa shape index (κ3) is 3.91. The van der Waals surface area contributed by atoms with Crippen LogP contribution in [0.4, 0.5) is 5.69 Å². The second-order valence-electron chi connectivity index (χ2n) is 6.56. The number of aromatic carboxylic acids is 1. The summed E-state index contributed by atoms with van der Waals surface area (Å²) in [6.45, 7) is 1.20. The van der Waals surface area contributed by atoms with Crippen molar-refractivity contribution in [2.45, 2.75) is 12.3 Å². The molecule has 0 bridgehead atoms. The first kappa shape index (κ1) is 17.9. The number of carboxylic acid groups (broad SMARTS) is 1. The molecule has 2 N–H and O–H groups in total. The van der Waals surface area contributed by atoms with E-state index in [0.717, 1.165) is 29.2 Å². The van der Waals surface area contributed by atoms with Gasteiger partial charge in [0.15, 0.2) is 0 Å². The third-order valence-electron chi connectivity index (χ3n) is 4.72. The summed E-state index contributed by atoms with van der Waals surface area (Å²) in [6.07, 6.45) is 3.87. The molecule has 0 radical (unpaired) electrons. The molecular weight excluding hydrogens is 356 g/mol. The quantitative estimate of drug-likeness (QED) is 0.657. The molecule has 0 amide bonds. The van der Waals surface area contributed by atoms with Crippen LogP contribution in [0.15, 0.2) is 67.0 Å². The molecule has 2 heterocycles. The molecule has 0 saturated carbocycles. The van der Waals surface area contributed by atoms with E-state index in [2.05, 4.69) is 10.3 Å². The van der Waals surface area contributed by atoms with Gasteiger partial charge in [0.2, 0.25) is 0 Å². The Bertz CT molecular complexity index is 975. The number of fused-ring (bicyclic) bond motifs is 1. The number of carbonyl (C=O) groups is 1. The van der Waals surface area contributed by atoms with Crippen molar-refractivity contribution in [3.63, 3.8) is 0 Å². The Morgan fingerprint density at radius 2 is 2.04 bits per heavy atom. The Balaban J connectivity index is 1.49. The number of benzene rings is 2. The average Bonchev–Trinajstić information content (AvgIpc) is 2.73. The lowest BCUT2D eigenvalue weighted by molar-refractivity contribution is 0.0697. The van der Waals surface area contributed by atoms with Crippen molar-refractivity contribution >= 4 is 11.7 Å². The van der Waals surface area contributed by atoms with Gasteiger partial charge in [-0.15, -0.1) is 0 Å². The molecule has 28 heavy (non-hydrogen) atoms. The van der Waals surface area contributed by atoms with Gasteiger partial charge in [0, 0.05) is 24.7 Å². The summed E-state index contributed by atoms with van der Waals surface area (Å²) >= 11 is 0. The van der Waals surface area contributed by atoms with Crippen molar-refractivity contribution < 1.29 is 19.4 Å². The van der Waals surface area contributed by atoms with Crippen LogP contribution < -0.4 is 14.8 Å². The highest BCUT2D eigenvalue weighted by atomic mass is 16.5. The molecular formula is C22H20N2O4. The number of pyridine rings is 1. The van der Waals surface area contributed by atoms with Crippen LogP contribution in [0.1, 0.15) is 28.3 Å². The fourth-order valence-corrected chi connectivity index (χ4v) is 3.30. The standard InChI is InChI=1S/C22H20N2O4/c25-22(26)19-8-10-23-14-20(19)24-13-15-9-11-27-21-12-17(6-7-18(15)21)28-16-4-2-1-3-5-16/h1-8,10,12,14-15,24H,9,11,13H2,(H,25,26)/t15-/m1/s1. The van der Waals surface area contributed by atoms with Crippen LogP contribution in [0.2, 0.25) is 0 Å². The summed E-state index contributed by atoms with van der Waals surface area (Å²) in [5.74, 6) is 1.53. The average molecular weight is 376 g/mol. The van der Waals surface area contributed by atoms with Gasteiger partial charge < -0.3 is 19.9 Å². The first-order valence-corrected chi connectivity index (χ1v) is 9.11. The van der Waals surface area contributed by atoms with Gasteiger partial charge in [-0.1, -0.05) is 24.3 Å². The largest absolute Gasteiger partial charge is 0.493 e. The number of anilines is 1. The fraction of sp³-hybridized carbons (Fsp3) is 0.182. The lowest BCUT2D eigenvalue weighted by Crippen LogP contribution is -2.21. The maximum Gasteiger partial charge on any atom is 0.337 e. The first-order chi connectivity index (χ1) is 13.7. The van der Waals surface area contributed by atoms with Crippen molar-refractivity contribution in [3.8, 4) is 17.2 Å². The lowest BCUT2D eigenvalue weighted by Gasteiger charge is -2.27. The molecule has 6 heteroatoms. The van der Waals surface area contributed by atoms with E-state index in [1.54, 1.807) is 6.20 Å². The molecule has 0 spiro atoms. The minimum atomic E-state index is -0.972. The van der Waals surface area contributed by atoms with Crippen LogP contribution in [0, 0.1) is 0 Å². The van der Waals surface area contributed by atoms with Crippen molar-refractivity contribution in [3.05, 3.63) is 78.1 Å². The van der Waals surface area contributed by atoms with Gasteiger partial charge >= 0.3 is 5.97 Å². The zero-order valence-electron chi connectivity index (χ0n) is 15.2. The molecule has 2 aromatic carbocycles. The Morgan fingerprint density at radius 1 is 1.18 bits per heavy atom. The number of hydrogen-bond acceptors (Lipinski definition) is 5. The van der Waals surface area contributed by atoms with E-state index in [1.807, 2.05) is 48.5 Å². The van der Waals surface area contributed by atoms with Crippen LogP contribution in [0.25, 0.3) is 0 Å². The van der Waals surface area contributed by atoms with Gasteiger partial charge in [-0.25, -0.2) is 4.79 Å². The monoisotopic (exact) mass is 376 g/mol. The molecule has 0 fully saturated rings. The first-order valence-electron chi connectivity index (χ1n) is 9.11. The summed E-state index contributed by atoms with van der Waals surface area (Å²) in [4.78, 5) is 15.4. The van der Waals surface area contributed by atoms with Crippen molar-refractivity contribution in [1.82, 2.24) is 4.98 Å². The molecule has 142 valence electrons. The van der Waals surface area contributed by atoms with Crippen molar-refractivity contribution in [2.24, 2.45) is 0 Å².